The fourth-order valence-electron chi connectivity index (χ4n) is 2.47. The molecule has 4 nitrogen and oxygen atoms in total. The van der Waals surface area contributed by atoms with Crippen LogP contribution in [0.25, 0.3) is 0 Å². The van der Waals surface area contributed by atoms with Gasteiger partial charge in [0, 0.05) is 25.2 Å². The Kier molecular flexibility index (Phi) is 3.87. The Bertz CT molecular complexity index is 439. The fourth-order valence-corrected chi connectivity index (χ4v) is 2.47. The van der Waals surface area contributed by atoms with E-state index in [2.05, 4.69) is 23.1 Å². The smallest absolute Gasteiger partial charge is 0.320 e. The average molecular weight is 248 g/mol. The Morgan fingerprint density at radius 1 is 1.44 bits per heavy atom. The largest absolute Gasteiger partial charge is 0.480 e. The normalized spacial score (nSPS) is 16.9. The summed E-state index contributed by atoms with van der Waals surface area (Å²) < 4.78 is 0. The second-order valence-electron chi connectivity index (χ2n) is 4.98. The van der Waals surface area contributed by atoms with E-state index in [-0.39, 0.29) is 0 Å². The lowest BCUT2D eigenvalue weighted by Gasteiger charge is -2.22. The van der Waals surface area contributed by atoms with Crippen LogP contribution in [0.3, 0.4) is 0 Å². The monoisotopic (exact) mass is 248 g/mol. The van der Waals surface area contributed by atoms with Gasteiger partial charge in [-0.25, -0.2) is 0 Å². The summed E-state index contributed by atoms with van der Waals surface area (Å²) in [5, 5.41) is 8.93. The summed E-state index contributed by atoms with van der Waals surface area (Å²) in [6.45, 7) is 4.13. The molecule has 98 valence electrons. The molecule has 0 aromatic heterocycles. The molecule has 2 rings (SSSR count). The predicted octanol–water partition coefficient (Wildman–Crippen LogP) is 1.55. The number of hydrogen-bond acceptors (Lipinski definition) is 3. The van der Waals surface area contributed by atoms with Gasteiger partial charge in [-0.3, -0.25) is 4.79 Å². The molecule has 1 heterocycles. The van der Waals surface area contributed by atoms with Gasteiger partial charge in [-0.2, -0.15) is 0 Å². The molecule has 0 saturated carbocycles. The van der Waals surface area contributed by atoms with Gasteiger partial charge in [-0.1, -0.05) is 17.7 Å². The molecule has 0 aliphatic carbocycles. The third-order valence-electron chi connectivity index (χ3n) is 3.44. The topological polar surface area (TPSA) is 66.6 Å². The molecule has 1 unspecified atom stereocenters. The van der Waals surface area contributed by atoms with Gasteiger partial charge in [0.2, 0.25) is 0 Å². The second kappa shape index (κ2) is 5.40. The number of benzene rings is 1. The summed E-state index contributed by atoms with van der Waals surface area (Å²) >= 11 is 0. The van der Waals surface area contributed by atoms with Crippen LogP contribution < -0.4 is 10.6 Å². The number of aliphatic carboxylic acids is 1. The van der Waals surface area contributed by atoms with Gasteiger partial charge >= 0.3 is 5.97 Å². The summed E-state index contributed by atoms with van der Waals surface area (Å²) in [5.74, 6) is -0.941. The van der Waals surface area contributed by atoms with E-state index in [1.807, 2.05) is 6.92 Å². The van der Waals surface area contributed by atoms with Crippen LogP contribution in [0.1, 0.15) is 24.0 Å². The van der Waals surface area contributed by atoms with Crippen molar-refractivity contribution in [3.8, 4) is 0 Å². The Hall–Kier alpha value is -1.55. The molecule has 0 radical (unpaired) electrons. The van der Waals surface area contributed by atoms with Crippen molar-refractivity contribution >= 4 is 11.7 Å². The summed E-state index contributed by atoms with van der Waals surface area (Å²) in [6.07, 6.45) is 2.81. The van der Waals surface area contributed by atoms with E-state index in [1.54, 1.807) is 0 Å². The molecule has 1 aliphatic rings. The van der Waals surface area contributed by atoms with Crippen molar-refractivity contribution in [3.05, 3.63) is 29.3 Å². The third-order valence-corrected chi connectivity index (χ3v) is 3.44. The van der Waals surface area contributed by atoms with Crippen LogP contribution >= 0.6 is 0 Å². The standard InChI is InChI=1S/C14H20N2O2/c1-10-4-5-13(16-6-2-3-7-16)11(8-10)9-12(15)14(17)18/h4-5,8,12H,2-3,6-7,9,15H2,1H3,(H,17,18). The van der Waals surface area contributed by atoms with E-state index in [4.69, 9.17) is 10.8 Å². The molecule has 0 spiro atoms. The fraction of sp³-hybridized carbons (Fsp3) is 0.500. The number of nitrogens with zero attached hydrogens (tertiary/aromatic N) is 1. The molecule has 1 atom stereocenters. The number of carbonyl (C=O) groups is 1. The maximum Gasteiger partial charge on any atom is 0.320 e. The molecule has 0 amide bonds. The Labute approximate surface area is 107 Å². The summed E-state index contributed by atoms with van der Waals surface area (Å²) in [6, 6.07) is 5.39. The van der Waals surface area contributed by atoms with E-state index in [1.165, 1.54) is 12.8 Å². The highest BCUT2D eigenvalue weighted by Crippen LogP contribution is 2.26. The first kappa shape index (κ1) is 12.9. The molecule has 1 aliphatic heterocycles. The first-order chi connectivity index (χ1) is 8.58. The van der Waals surface area contributed by atoms with Crippen LogP contribution in [0.15, 0.2) is 18.2 Å². The van der Waals surface area contributed by atoms with Crippen LogP contribution in [0, 0.1) is 6.92 Å². The number of rotatable bonds is 4. The highest BCUT2D eigenvalue weighted by atomic mass is 16.4. The quantitative estimate of drug-likeness (QED) is 0.848. The van der Waals surface area contributed by atoms with Crippen molar-refractivity contribution in [3.63, 3.8) is 0 Å². The molecule has 3 N–H and O–H groups in total. The molecule has 4 heteroatoms. The van der Waals surface area contributed by atoms with E-state index in [9.17, 15) is 4.79 Å². The number of aryl methyl sites for hydroxylation is 1. The van der Waals surface area contributed by atoms with Crippen LogP contribution in [0.4, 0.5) is 5.69 Å². The van der Waals surface area contributed by atoms with Gasteiger partial charge in [0.15, 0.2) is 0 Å². The zero-order valence-corrected chi connectivity index (χ0v) is 10.7. The minimum atomic E-state index is -0.941. The van der Waals surface area contributed by atoms with Crippen molar-refractivity contribution in [2.75, 3.05) is 18.0 Å². The Balaban J connectivity index is 2.25. The number of carboxylic acid groups (broad SMARTS) is 1. The molecule has 0 bridgehead atoms. The van der Waals surface area contributed by atoms with Gasteiger partial charge < -0.3 is 15.7 Å². The van der Waals surface area contributed by atoms with Crippen LogP contribution in [0.5, 0.6) is 0 Å². The number of nitrogens with two attached hydrogens (primary N) is 1. The van der Waals surface area contributed by atoms with E-state index in [0.29, 0.717) is 6.42 Å². The number of hydrogen-bond donors (Lipinski definition) is 2. The summed E-state index contributed by atoms with van der Waals surface area (Å²) in [7, 11) is 0. The Morgan fingerprint density at radius 3 is 2.72 bits per heavy atom. The van der Waals surface area contributed by atoms with Crippen molar-refractivity contribution in [1.29, 1.82) is 0 Å². The van der Waals surface area contributed by atoms with Gasteiger partial charge in [0.1, 0.15) is 6.04 Å². The van der Waals surface area contributed by atoms with Gasteiger partial charge in [0.25, 0.3) is 0 Å². The van der Waals surface area contributed by atoms with Gasteiger partial charge in [-0.15, -0.1) is 0 Å². The Morgan fingerprint density at radius 2 is 2.11 bits per heavy atom. The van der Waals surface area contributed by atoms with Crippen LogP contribution in [0.2, 0.25) is 0 Å². The molecule has 1 aromatic carbocycles. The predicted molar refractivity (Wildman–Crippen MR) is 71.9 cm³/mol. The van der Waals surface area contributed by atoms with E-state index < -0.39 is 12.0 Å². The molecular weight excluding hydrogens is 228 g/mol. The van der Waals surface area contributed by atoms with Crippen LogP contribution in [-0.4, -0.2) is 30.2 Å². The number of carboxylic acids is 1. The third kappa shape index (κ3) is 2.82. The van der Waals surface area contributed by atoms with E-state index in [0.717, 1.165) is 29.9 Å². The van der Waals surface area contributed by atoms with Crippen molar-refractivity contribution in [1.82, 2.24) is 0 Å². The lowest BCUT2D eigenvalue weighted by atomic mass is 10.0. The van der Waals surface area contributed by atoms with Crippen molar-refractivity contribution in [2.45, 2.75) is 32.2 Å². The lowest BCUT2D eigenvalue weighted by molar-refractivity contribution is -0.138. The molecule has 1 fully saturated rings. The lowest BCUT2D eigenvalue weighted by Crippen LogP contribution is -2.33. The number of anilines is 1. The van der Waals surface area contributed by atoms with Gasteiger partial charge in [-0.05, 0) is 31.4 Å². The zero-order valence-electron chi connectivity index (χ0n) is 10.7. The molecule has 18 heavy (non-hydrogen) atoms. The minimum Gasteiger partial charge on any atom is -0.480 e. The molecule has 1 aromatic rings. The maximum atomic E-state index is 10.9. The summed E-state index contributed by atoms with van der Waals surface area (Å²) in [5.41, 5.74) is 8.99. The van der Waals surface area contributed by atoms with E-state index >= 15 is 0 Å². The van der Waals surface area contributed by atoms with Crippen molar-refractivity contribution < 1.29 is 9.90 Å². The summed E-state index contributed by atoms with van der Waals surface area (Å²) in [4.78, 5) is 13.2. The maximum absolute atomic E-state index is 10.9. The average Bonchev–Trinajstić information content (AvgIpc) is 2.82. The first-order valence-electron chi connectivity index (χ1n) is 6.41. The minimum absolute atomic E-state index is 0.392. The first-order valence-corrected chi connectivity index (χ1v) is 6.41. The highest BCUT2D eigenvalue weighted by Gasteiger charge is 2.19. The van der Waals surface area contributed by atoms with Gasteiger partial charge in [0.05, 0.1) is 0 Å². The second-order valence-corrected chi connectivity index (χ2v) is 4.98. The molecule has 1 saturated heterocycles. The SMILES string of the molecule is Cc1ccc(N2CCCC2)c(CC(N)C(=O)O)c1. The van der Waals surface area contributed by atoms with Crippen LogP contribution in [-0.2, 0) is 11.2 Å². The van der Waals surface area contributed by atoms with Crippen molar-refractivity contribution in [2.24, 2.45) is 5.73 Å². The highest BCUT2D eigenvalue weighted by molar-refractivity contribution is 5.74. The molecular formula is C14H20N2O2. The zero-order chi connectivity index (χ0) is 13.1.